The minimum absolute atomic E-state index is 0.106. The summed E-state index contributed by atoms with van der Waals surface area (Å²) in [5.41, 5.74) is 2.51. The van der Waals surface area contributed by atoms with Crippen molar-refractivity contribution < 1.29 is 4.79 Å². The van der Waals surface area contributed by atoms with Crippen molar-refractivity contribution >= 4 is 22.8 Å². The zero-order chi connectivity index (χ0) is 17.5. The number of rotatable bonds is 3. The number of H-pyrrole nitrogens is 1. The number of benzene rings is 1. The molecule has 1 saturated heterocycles. The number of imidazole rings is 1. The number of anilines is 1. The van der Waals surface area contributed by atoms with E-state index in [0.717, 1.165) is 48.3 Å². The molecule has 7 nitrogen and oxygen atoms in total. The van der Waals surface area contributed by atoms with Crippen molar-refractivity contribution in [2.75, 3.05) is 18.4 Å². The van der Waals surface area contributed by atoms with E-state index in [4.69, 9.17) is 0 Å². The molecule has 1 aliphatic carbocycles. The lowest BCUT2D eigenvalue weighted by atomic mass is 9.98. The summed E-state index contributed by atoms with van der Waals surface area (Å²) < 4.78 is 0. The predicted molar refractivity (Wildman–Crippen MR) is 97.7 cm³/mol. The van der Waals surface area contributed by atoms with Gasteiger partial charge in [-0.15, -0.1) is 5.10 Å². The van der Waals surface area contributed by atoms with Crippen molar-refractivity contribution in [2.45, 2.75) is 18.9 Å². The summed E-state index contributed by atoms with van der Waals surface area (Å²) in [5, 5.41) is 11.6. The van der Waals surface area contributed by atoms with Crippen molar-refractivity contribution in [1.29, 1.82) is 0 Å². The molecule has 2 aromatic heterocycles. The quantitative estimate of drug-likeness (QED) is 0.758. The van der Waals surface area contributed by atoms with Gasteiger partial charge in [0, 0.05) is 36.8 Å². The Labute approximate surface area is 150 Å². The van der Waals surface area contributed by atoms with Crippen molar-refractivity contribution in [3.8, 4) is 0 Å². The lowest BCUT2D eigenvalue weighted by molar-refractivity contribution is 0.0780. The molecule has 26 heavy (non-hydrogen) atoms. The minimum atomic E-state index is 0.106. The SMILES string of the molecule is O=C(c1ccc2nc[nH]c2c1)N1C[C@H]2CC[C@@H](Nc3cccnn3)[C@H]2C1. The molecule has 1 amide bonds. The van der Waals surface area contributed by atoms with Crippen LogP contribution >= 0.6 is 0 Å². The van der Waals surface area contributed by atoms with Crippen LogP contribution in [0.4, 0.5) is 5.82 Å². The van der Waals surface area contributed by atoms with Gasteiger partial charge in [-0.2, -0.15) is 5.10 Å². The highest BCUT2D eigenvalue weighted by Crippen LogP contribution is 2.39. The maximum Gasteiger partial charge on any atom is 0.253 e. The topological polar surface area (TPSA) is 86.8 Å². The number of carbonyl (C=O) groups excluding carboxylic acids is 1. The van der Waals surface area contributed by atoms with Crippen LogP contribution in [0.2, 0.25) is 0 Å². The smallest absolute Gasteiger partial charge is 0.253 e. The first-order valence-corrected chi connectivity index (χ1v) is 9.04. The third kappa shape index (κ3) is 2.60. The Balaban J connectivity index is 1.31. The van der Waals surface area contributed by atoms with E-state index in [1.807, 2.05) is 35.2 Å². The molecule has 3 atom stereocenters. The van der Waals surface area contributed by atoms with Gasteiger partial charge in [0.25, 0.3) is 5.91 Å². The maximum atomic E-state index is 13.0. The van der Waals surface area contributed by atoms with E-state index in [9.17, 15) is 4.79 Å². The molecule has 7 heteroatoms. The number of amides is 1. The number of nitrogens with zero attached hydrogens (tertiary/aromatic N) is 4. The number of hydrogen-bond acceptors (Lipinski definition) is 5. The monoisotopic (exact) mass is 348 g/mol. The molecule has 2 N–H and O–H groups in total. The summed E-state index contributed by atoms with van der Waals surface area (Å²) in [4.78, 5) is 22.2. The van der Waals surface area contributed by atoms with Gasteiger partial charge in [-0.05, 0) is 49.1 Å². The second-order valence-electron chi connectivity index (χ2n) is 7.21. The largest absolute Gasteiger partial charge is 0.365 e. The maximum absolute atomic E-state index is 13.0. The van der Waals surface area contributed by atoms with Gasteiger partial charge >= 0.3 is 0 Å². The van der Waals surface area contributed by atoms with Crippen LogP contribution in [0.1, 0.15) is 23.2 Å². The fourth-order valence-electron chi connectivity index (χ4n) is 4.43. The summed E-state index contributed by atoms with van der Waals surface area (Å²) >= 11 is 0. The zero-order valence-corrected chi connectivity index (χ0v) is 14.3. The van der Waals surface area contributed by atoms with Crippen LogP contribution < -0.4 is 5.32 Å². The third-order valence-corrected chi connectivity index (χ3v) is 5.72. The van der Waals surface area contributed by atoms with E-state index >= 15 is 0 Å². The predicted octanol–water partition coefficient (Wildman–Crippen LogP) is 2.32. The Morgan fingerprint density at radius 2 is 2.19 bits per heavy atom. The van der Waals surface area contributed by atoms with Crippen LogP contribution in [-0.2, 0) is 0 Å². The van der Waals surface area contributed by atoms with E-state index < -0.39 is 0 Å². The molecular weight excluding hydrogens is 328 g/mol. The normalized spacial score (nSPS) is 24.8. The van der Waals surface area contributed by atoms with E-state index in [0.29, 0.717) is 17.9 Å². The molecule has 0 radical (unpaired) electrons. The fraction of sp³-hybridized carbons (Fsp3) is 0.368. The van der Waals surface area contributed by atoms with Crippen LogP contribution in [0.15, 0.2) is 42.9 Å². The lowest BCUT2D eigenvalue weighted by Crippen LogP contribution is -2.33. The Bertz CT molecular complexity index is 939. The first-order valence-electron chi connectivity index (χ1n) is 9.04. The van der Waals surface area contributed by atoms with Gasteiger partial charge < -0.3 is 15.2 Å². The van der Waals surface area contributed by atoms with Crippen molar-refractivity contribution in [3.63, 3.8) is 0 Å². The first-order chi connectivity index (χ1) is 12.8. The average molecular weight is 348 g/mol. The van der Waals surface area contributed by atoms with Crippen molar-refractivity contribution in [1.82, 2.24) is 25.1 Å². The van der Waals surface area contributed by atoms with Crippen molar-refractivity contribution in [3.05, 3.63) is 48.4 Å². The molecule has 1 aliphatic heterocycles. The van der Waals surface area contributed by atoms with E-state index in [1.54, 1.807) is 12.5 Å². The van der Waals surface area contributed by atoms with Gasteiger partial charge in [0.15, 0.2) is 0 Å². The Kier molecular flexibility index (Phi) is 3.58. The van der Waals surface area contributed by atoms with Gasteiger partial charge in [0.1, 0.15) is 5.82 Å². The second-order valence-corrected chi connectivity index (χ2v) is 7.21. The number of aromatic amines is 1. The standard InChI is InChI=1S/C19H20N6O/c26-19(12-3-6-16-17(8-12)21-11-20-16)25-9-13-4-5-15(14(13)10-25)23-18-2-1-7-22-24-18/h1-3,6-8,11,13-15H,4-5,9-10H2,(H,20,21)(H,23,24)/t13-,14+,15-/m1/s1. The average Bonchev–Trinajstić information content (AvgIpc) is 3.38. The minimum Gasteiger partial charge on any atom is -0.365 e. The number of fused-ring (bicyclic) bond motifs is 2. The van der Waals surface area contributed by atoms with Gasteiger partial charge in [-0.1, -0.05) is 0 Å². The van der Waals surface area contributed by atoms with Crippen LogP contribution in [0.25, 0.3) is 11.0 Å². The first kappa shape index (κ1) is 15.3. The highest BCUT2D eigenvalue weighted by molar-refractivity contribution is 5.97. The van der Waals surface area contributed by atoms with Crippen LogP contribution in [0.3, 0.4) is 0 Å². The lowest BCUT2D eigenvalue weighted by Gasteiger charge is -2.22. The Hall–Kier alpha value is -2.96. The van der Waals surface area contributed by atoms with E-state index in [1.165, 1.54) is 0 Å². The molecule has 3 aromatic rings. The Morgan fingerprint density at radius 3 is 3.08 bits per heavy atom. The Morgan fingerprint density at radius 1 is 1.23 bits per heavy atom. The van der Waals surface area contributed by atoms with Gasteiger partial charge in [-0.25, -0.2) is 4.98 Å². The molecule has 0 unspecified atom stereocenters. The van der Waals surface area contributed by atoms with Crippen LogP contribution in [-0.4, -0.2) is 50.1 Å². The van der Waals surface area contributed by atoms with E-state index in [2.05, 4.69) is 25.5 Å². The highest BCUT2D eigenvalue weighted by Gasteiger charge is 2.44. The summed E-state index contributed by atoms with van der Waals surface area (Å²) in [6.07, 6.45) is 5.59. The number of carbonyl (C=O) groups is 1. The molecule has 132 valence electrons. The van der Waals surface area contributed by atoms with Crippen LogP contribution in [0.5, 0.6) is 0 Å². The molecule has 2 fully saturated rings. The molecule has 2 aliphatic rings. The van der Waals surface area contributed by atoms with Gasteiger partial charge in [-0.3, -0.25) is 4.79 Å². The summed E-state index contributed by atoms with van der Waals surface area (Å²) in [6.45, 7) is 1.63. The fourth-order valence-corrected chi connectivity index (χ4v) is 4.43. The number of hydrogen-bond donors (Lipinski definition) is 2. The van der Waals surface area contributed by atoms with Gasteiger partial charge in [0.05, 0.1) is 17.4 Å². The summed E-state index contributed by atoms with van der Waals surface area (Å²) in [7, 11) is 0. The molecule has 0 spiro atoms. The van der Waals surface area contributed by atoms with E-state index in [-0.39, 0.29) is 5.91 Å². The molecular formula is C19H20N6O. The summed E-state index contributed by atoms with van der Waals surface area (Å²) in [5.74, 6) is 1.95. The third-order valence-electron chi connectivity index (χ3n) is 5.72. The zero-order valence-electron chi connectivity index (χ0n) is 14.3. The molecule has 5 rings (SSSR count). The van der Waals surface area contributed by atoms with Crippen LogP contribution in [0, 0.1) is 11.8 Å². The molecule has 1 saturated carbocycles. The number of aromatic nitrogens is 4. The number of nitrogens with one attached hydrogen (secondary N) is 2. The molecule has 1 aromatic carbocycles. The van der Waals surface area contributed by atoms with Crippen molar-refractivity contribution in [2.24, 2.45) is 11.8 Å². The molecule has 3 heterocycles. The highest BCUT2D eigenvalue weighted by atomic mass is 16.2. The second kappa shape index (κ2) is 6.09. The molecule has 0 bridgehead atoms. The number of likely N-dealkylation sites (tertiary alicyclic amines) is 1. The summed E-state index contributed by atoms with van der Waals surface area (Å²) in [6, 6.07) is 9.84. The van der Waals surface area contributed by atoms with Gasteiger partial charge in [0.2, 0.25) is 0 Å².